The largest absolute Gasteiger partial charge is 0.480 e. The normalized spacial score (nSPS) is 13.6. The van der Waals surface area contributed by atoms with Crippen LogP contribution in [0.3, 0.4) is 0 Å². The van der Waals surface area contributed by atoms with Crippen molar-refractivity contribution in [2.75, 3.05) is 0 Å². The number of carboxylic acid groups (broad SMARTS) is 1. The summed E-state index contributed by atoms with van der Waals surface area (Å²) in [4.78, 5) is 23.2. The first kappa shape index (κ1) is 19.1. The third kappa shape index (κ3) is 6.78. The summed E-state index contributed by atoms with van der Waals surface area (Å²) in [6.07, 6.45) is 1.60. The molecule has 0 aromatic heterocycles. The van der Waals surface area contributed by atoms with Gasteiger partial charge in [0.2, 0.25) is 5.91 Å². The van der Waals surface area contributed by atoms with E-state index in [1.807, 2.05) is 13.8 Å². The molecular formula is C17H25FN2O3. The minimum atomic E-state index is -1.11. The van der Waals surface area contributed by atoms with Gasteiger partial charge in [-0.3, -0.25) is 4.79 Å². The molecule has 0 bridgehead atoms. The molecule has 0 aliphatic heterocycles. The molecule has 1 amide bonds. The lowest BCUT2D eigenvalue weighted by Gasteiger charge is -2.19. The monoisotopic (exact) mass is 324 g/mol. The molecule has 0 heterocycles. The number of carbonyl (C=O) groups is 2. The van der Waals surface area contributed by atoms with E-state index in [0.29, 0.717) is 24.8 Å². The average Bonchev–Trinajstić information content (AvgIpc) is 2.47. The van der Waals surface area contributed by atoms with Gasteiger partial charge in [-0.15, -0.1) is 0 Å². The number of halogens is 1. The van der Waals surface area contributed by atoms with Crippen LogP contribution in [0.5, 0.6) is 0 Å². The fourth-order valence-corrected chi connectivity index (χ4v) is 2.35. The van der Waals surface area contributed by atoms with Crippen molar-refractivity contribution in [1.29, 1.82) is 0 Å². The van der Waals surface area contributed by atoms with Crippen LogP contribution in [0.1, 0.15) is 38.7 Å². The zero-order chi connectivity index (χ0) is 17.4. The lowest BCUT2D eigenvalue weighted by atomic mass is 10.0. The van der Waals surface area contributed by atoms with Gasteiger partial charge in [0.15, 0.2) is 0 Å². The molecule has 6 heteroatoms. The lowest BCUT2D eigenvalue weighted by Crippen LogP contribution is -2.48. The molecule has 0 spiro atoms. The zero-order valence-electron chi connectivity index (χ0n) is 13.6. The Morgan fingerprint density at radius 3 is 2.52 bits per heavy atom. The Balaban J connectivity index is 2.51. The lowest BCUT2D eigenvalue weighted by molar-refractivity contribution is -0.142. The van der Waals surface area contributed by atoms with E-state index in [1.165, 1.54) is 6.07 Å². The van der Waals surface area contributed by atoms with E-state index in [4.69, 9.17) is 5.73 Å². The van der Waals surface area contributed by atoms with E-state index in [9.17, 15) is 19.1 Å². The van der Waals surface area contributed by atoms with Crippen molar-refractivity contribution in [3.05, 3.63) is 35.6 Å². The van der Waals surface area contributed by atoms with Crippen molar-refractivity contribution in [2.24, 2.45) is 11.7 Å². The van der Waals surface area contributed by atoms with Crippen LogP contribution in [-0.4, -0.2) is 29.1 Å². The zero-order valence-corrected chi connectivity index (χ0v) is 13.6. The second-order valence-electron chi connectivity index (χ2n) is 6.12. The predicted molar refractivity (Wildman–Crippen MR) is 86.3 cm³/mol. The molecule has 1 rings (SSSR count). The van der Waals surface area contributed by atoms with Gasteiger partial charge in [0, 0.05) is 0 Å². The van der Waals surface area contributed by atoms with Gasteiger partial charge in [-0.05, 0) is 43.2 Å². The number of aryl methyl sites for hydroxylation is 1. The quantitative estimate of drug-likeness (QED) is 0.648. The highest BCUT2D eigenvalue weighted by molar-refractivity contribution is 5.86. The number of benzene rings is 1. The maximum absolute atomic E-state index is 13.5. The van der Waals surface area contributed by atoms with Gasteiger partial charge in [0.1, 0.15) is 11.9 Å². The van der Waals surface area contributed by atoms with Crippen molar-refractivity contribution in [2.45, 2.75) is 51.6 Å². The third-order valence-electron chi connectivity index (χ3n) is 3.57. The number of hydrogen-bond donors (Lipinski definition) is 3. The average molecular weight is 324 g/mol. The number of hydrogen-bond acceptors (Lipinski definition) is 3. The van der Waals surface area contributed by atoms with Crippen LogP contribution in [0, 0.1) is 11.7 Å². The summed E-state index contributed by atoms with van der Waals surface area (Å²) in [5, 5.41) is 11.7. The molecule has 23 heavy (non-hydrogen) atoms. The third-order valence-corrected chi connectivity index (χ3v) is 3.57. The summed E-state index contributed by atoms with van der Waals surface area (Å²) in [6, 6.07) is 4.66. The molecule has 1 aromatic carbocycles. The van der Waals surface area contributed by atoms with Crippen molar-refractivity contribution in [3.8, 4) is 0 Å². The second kappa shape index (κ2) is 9.25. The summed E-state index contributed by atoms with van der Waals surface area (Å²) in [5.41, 5.74) is 6.29. The molecular weight excluding hydrogens is 299 g/mol. The van der Waals surface area contributed by atoms with Crippen LogP contribution in [0.4, 0.5) is 4.39 Å². The molecule has 2 atom stereocenters. The van der Waals surface area contributed by atoms with E-state index in [-0.39, 0.29) is 18.2 Å². The van der Waals surface area contributed by atoms with Gasteiger partial charge in [-0.25, -0.2) is 9.18 Å². The Morgan fingerprint density at radius 1 is 1.30 bits per heavy atom. The second-order valence-corrected chi connectivity index (χ2v) is 6.12. The Bertz CT molecular complexity index is 534. The summed E-state index contributed by atoms with van der Waals surface area (Å²) < 4.78 is 13.5. The molecule has 4 N–H and O–H groups in total. The Morgan fingerprint density at radius 2 is 1.96 bits per heavy atom. The van der Waals surface area contributed by atoms with E-state index in [1.54, 1.807) is 18.2 Å². The maximum atomic E-state index is 13.5. The Kier molecular flexibility index (Phi) is 7.68. The molecule has 0 aliphatic carbocycles. The topological polar surface area (TPSA) is 92.4 Å². The molecule has 5 nitrogen and oxygen atoms in total. The summed E-state index contributed by atoms with van der Waals surface area (Å²) in [6.45, 7) is 3.88. The van der Waals surface area contributed by atoms with E-state index in [2.05, 4.69) is 5.32 Å². The highest BCUT2D eigenvalue weighted by atomic mass is 19.1. The maximum Gasteiger partial charge on any atom is 0.326 e. The summed E-state index contributed by atoms with van der Waals surface area (Å²) in [7, 11) is 0. The minimum absolute atomic E-state index is 0.226. The Labute approximate surface area is 136 Å². The number of amides is 1. The molecule has 0 radical (unpaired) electrons. The van der Waals surface area contributed by atoms with Gasteiger partial charge in [-0.2, -0.15) is 0 Å². The van der Waals surface area contributed by atoms with Crippen molar-refractivity contribution in [3.63, 3.8) is 0 Å². The van der Waals surface area contributed by atoms with Crippen LogP contribution < -0.4 is 11.1 Å². The highest BCUT2D eigenvalue weighted by Gasteiger charge is 2.23. The fraction of sp³-hybridized carbons (Fsp3) is 0.529. The Hall–Kier alpha value is -1.95. The number of rotatable bonds is 9. The number of nitrogens with one attached hydrogen (secondary N) is 1. The van der Waals surface area contributed by atoms with Crippen LogP contribution >= 0.6 is 0 Å². The van der Waals surface area contributed by atoms with Crippen molar-refractivity contribution >= 4 is 11.9 Å². The molecule has 0 aliphatic rings. The van der Waals surface area contributed by atoms with Gasteiger partial charge in [-0.1, -0.05) is 32.0 Å². The number of aliphatic carboxylic acids is 1. The first-order valence-electron chi connectivity index (χ1n) is 7.83. The smallest absolute Gasteiger partial charge is 0.326 e. The molecule has 0 saturated heterocycles. The number of nitrogens with two attached hydrogens (primary N) is 1. The van der Waals surface area contributed by atoms with E-state index >= 15 is 0 Å². The molecule has 0 fully saturated rings. The molecule has 0 saturated carbocycles. The van der Waals surface area contributed by atoms with E-state index < -0.39 is 24.0 Å². The molecule has 1 unspecified atom stereocenters. The first-order valence-corrected chi connectivity index (χ1v) is 7.83. The first-order chi connectivity index (χ1) is 10.8. The number of carbonyl (C=O) groups excluding carboxylic acids is 1. The number of carboxylic acids is 1. The SMILES string of the molecule is CC(C)C[C@H](N)C(=O)NC(CCCc1ccccc1F)C(=O)O. The minimum Gasteiger partial charge on any atom is -0.480 e. The molecule has 1 aromatic rings. The van der Waals surface area contributed by atoms with Gasteiger partial charge >= 0.3 is 5.97 Å². The van der Waals surface area contributed by atoms with Gasteiger partial charge < -0.3 is 16.2 Å². The fourth-order valence-electron chi connectivity index (χ4n) is 2.35. The summed E-state index contributed by atoms with van der Waals surface area (Å²) in [5.74, 6) is -1.62. The van der Waals surface area contributed by atoms with Gasteiger partial charge in [0.25, 0.3) is 0 Å². The van der Waals surface area contributed by atoms with Crippen LogP contribution in [0.25, 0.3) is 0 Å². The summed E-state index contributed by atoms with van der Waals surface area (Å²) >= 11 is 0. The van der Waals surface area contributed by atoms with Crippen molar-refractivity contribution in [1.82, 2.24) is 5.32 Å². The highest BCUT2D eigenvalue weighted by Crippen LogP contribution is 2.11. The van der Waals surface area contributed by atoms with Crippen LogP contribution in [0.15, 0.2) is 24.3 Å². The van der Waals surface area contributed by atoms with Gasteiger partial charge in [0.05, 0.1) is 6.04 Å². The molecule has 128 valence electrons. The van der Waals surface area contributed by atoms with Crippen molar-refractivity contribution < 1.29 is 19.1 Å². The van der Waals surface area contributed by atoms with Crippen LogP contribution in [-0.2, 0) is 16.0 Å². The van der Waals surface area contributed by atoms with Crippen LogP contribution in [0.2, 0.25) is 0 Å². The van der Waals surface area contributed by atoms with E-state index in [0.717, 1.165) is 0 Å². The standard InChI is InChI=1S/C17H25FN2O3/c1-11(2)10-14(19)16(21)20-15(17(22)23)9-5-7-12-6-3-4-8-13(12)18/h3-4,6,8,11,14-15H,5,7,9-10,19H2,1-2H3,(H,20,21)(H,22,23)/t14-,15?/m0/s1. The predicted octanol–water partition coefficient (Wildman–Crippen LogP) is 2.09.